The Kier molecular flexibility index (Phi) is 3.95. The van der Waals surface area contributed by atoms with Crippen LogP contribution in [0.4, 0.5) is 0 Å². The second-order valence-electron chi connectivity index (χ2n) is 5.39. The number of fused-ring (bicyclic) bond motifs is 1. The van der Waals surface area contributed by atoms with Gasteiger partial charge in [0.15, 0.2) is 0 Å². The van der Waals surface area contributed by atoms with Crippen LogP contribution >= 0.6 is 11.6 Å². The molecule has 1 N–H and O–H groups in total. The van der Waals surface area contributed by atoms with E-state index in [1.165, 1.54) is 11.1 Å². The number of carbonyl (C=O) groups is 1. The van der Waals surface area contributed by atoms with Gasteiger partial charge >= 0.3 is 0 Å². The molecule has 0 aromatic heterocycles. The molecule has 108 valence electrons. The molecular formula is C17H17ClN2O. The van der Waals surface area contributed by atoms with E-state index in [0.717, 1.165) is 23.6 Å². The Bertz CT molecular complexity index is 667. The quantitative estimate of drug-likeness (QED) is 0.922. The van der Waals surface area contributed by atoms with Gasteiger partial charge in [-0.2, -0.15) is 0 Å². The van der Waals surface area contributed by atoms with Crippen LogP contribution in [0.3, 0.4) is 0 Å². The topological polar surface area (TPSA) is 32.3 Å². The smallest absolute Gasteiger partial charge is 0.265 e. The zero-order valence-corrected chi connectivity index (χ0v) is 12.7. The van der Waals surface area contributed by atoms with E-state index in [-0.39, 0.29) is 5.91 Å². The van der Waals surface area contributed by atoms with Gasteiger partial charge in [-0.1, -0.05) is 35.4 Å². The van der Waals surface area contributed by atoms with Crippen LogP contribution in [0.25, 0.3) is 0 Å². The minimum Gasteiger partial charge on any atom is -0.284 e. The number of hydrogen-bond acceptors (Lipinski definition) is 2. The summed E-state index contributed by atoms with van der Waals surface area (Å²) in [7, 11) is 0. The van der Waals surface area contributed by atoms with E-state index in [9.17, 15) is 4.79 Å². The normalized spacial score (nSPS) is 14.6. The summed E-state index contributed by atoms with van der Waals surface area (Å²) >= 11 is 6.03. The molecule has 3 rings (SSSR count). The van der Waals surface area contributed by atoms with Crippen LogP contribution in [-0.2, 0) is 13.0 Å². The zero-order chi connectivity index (χ0) is 14.8. The molecule has 1 aliphatic heterocycles. The number of hydrazine groups is 1. The van der Waals surface area contributed by atoms with Gasteiger partial charge in [0.2, 0.25) is 0 Å². The lowest BCUT2D eigenvalue weighted by Gasteiger charge is -2.29. The molecule has 1 aliphatic rings. The van der Waals surface area contributed by atoms with Gasteiger partial charge < -0.3 is 0 Å². The van der Waals surface area contributed by atoms with Crippen molar-refractivity contribution in [2.45, 2.75) is 19.9 Å². The van der Waals surface area contributed by atoms with Crippen molar-refractivity contribution in [1.82, 2.24) is 10.4 Å². The second kappa shape index (κ2) is 5.88. The summed E-state index contributed by atoms with van der Waals surface area (Å²) in [6.07, 6.45) is 0.917. The molecule has 4 heteroatoms. The lowest BCUT2D eigenvalue weighted by Crippen LogP contribution is -2.44. The van der Waals surface area contributed by atoms with E-state index >= 15 is 0 Å². The van der Waals surface area contributed by atoms with Gasteiger partial charge in [0, 0.05) is 23.7 Å². The van der Waals surface area contributed by atoms with Crippen molar-refractivity contribution in [2.24, 2.45) is 0 Å². The maximum absolute atomic E-state index is 12.2. The predicted octanol–water partition coefficient (Wildman–Crippen LogP) is 3.35. The third kappa shape index (κ3) is 3.26. The SMILES string of the molecule is Cc1ccc(C(=O)NN2CCc3ccc(Cl)cc3C2)cc1. The van der Waals surface area contributed by atoms with Crippen molar-refractivity contribution in [3.05, 3.63) is 69.7 Å². The fourth-order valence-corrected chi connectivity index (χ4v) is 2.73. The van der Waals surface area contributed by atoms with Gasteiger partial charge in [0.25, 0.3) is 5.91 Å². The molecule has 0 saturated carbocycles. The Balaban J connectivity index is 1.69. The molecule has 0 atom stereocenters. The first-order valence-electron chi connectivity index (χ1n) is 7.02. The monoisotopic (exact) mass is 300 g/mol. The molecule has 0 saturated heterocycles. The third-order valence-corrected chi connectivity index (χ3v) is 3.99. The summed E-state index contributed by atoms with van der Waals surface area (Å²) in [6, 6.07) is 13.5. The second-order valence-corrected chi connectivity index (χ2v) is 5.83. The molecule has 21 heavy (non-hydrogen) atoms. The number of hydrogen-bond donors (Lipinski definition) is 1. The number of amides is 1. The van der Waals surface area contributed by atoms with Gasteiger partial charge in [-0.15, -0.1) is 0 Å². The highest BCUT2D eigenvalue weighted by atomic mass is 35.5. The Morgan fingerprint density at radius 2 is 1.90 bits per heavy atom. The lowest BCUT2D eigenvalue weighted by molar-refractivity contribution is 0.0764. The lowest BCUT2D eigenvalue weighted by atomic mass is 10.0. The molecule has 0 spiro atoms. The number of aryl methyl sites for hydroxylation is 1. The first-order valence-corrected chi connectivity index (χ1v) is 7.39. The Hall–Kier alpha value is -1.84. The maximum Gasteiger partial charge on any atom is 0.265 e. The molecule has 3 nitrogen and oxygen atoms in total. The number of rotatable bonds is 2. The molecule has 2 aromatic rings. The molecular weight excluding hydrogens is 284 g/mol. The van der Waals surface area contributed by atoms with E-state index in [0.29, 0.717) is 12.1 Å². The fraction of sp³-hybridized carbons (Fsp3) is 0.235. The highest BCUT2D eigenvalue weighted by molar-refractivity contribution is 6.30. The third-order valence-electron chi connectivity index (χ3n) is 3.75. The van der Waals surface area contributed by atoms with Crippen molar-refractivity contribution in [3.8, 4) is 0 Å². The highest BCUT2D eigenvalue weighted by Gasteiger charge is 2.18. The van der Waals surface area contributed by atoms with Crippen LogP contribution in [0.5, 0.6) is 0 Å². The van der Waals surface area contributed by atoms with E-state index in [1.54, 1.807) is 0 Å². The summed E-state index contributed by atoms with van der Waals surface area (Å²) in [5.74, 6) is -0.0690. The first kappa shape index (κ1) is 14.1. The molecule has 1 heterocycles. The van der Waals surface area contributed by atoms with E-state index in [4.69, 9.17) is 11.6 Å². The molecule has 1 amide bonds. The largest absolute Gasteiger partial charge is 0.284 e. The van der Waals surface area contributed by atoms with Gasteiger partial charge in [0.1, 0.15) is 0 Å². The molecule has 2 aromatic carbocycles. The number of halogens is 1. The van der Waals surface area contributed by atoms with Crippen LogP contribution in [0.1, 0.15) is 27.0 Å². The number of nitrogens with zero attached hydrogens (tertiary/aromatic N) is 1. The van der Waals surface area contributed by atoms with Gasteiger partial charge in [-0.25, -0.2) is 5.01 Å². The van der Waals surface area contributed by atoms with Crippen molar-refractivity contribution < 1.29 is 4.79 Å². The van der Waals surface area contributed by atoms with Crippen molar-refractivity contribution in [2.75, 3.05) is 6.54 Å². The van der Waals surface area contributed by atoms with E-state index in [1.807, 2.05) is 48.3 Å². The Morgan fingerprint density at radius 3 is 2.67 bits per heavy atom. The summed E-state index contributed by atoms with van der Waals surface area (Å²) in [4.78, 5) is 12.2. The van der Waals surface area contributed by atoms with Crippen molar-refractivity contribution in [3.63, 3.8) is 0 Å². The summed E-state index contributed by atoms with van der Waals surface area (Å²) in [5.41, 5.74) is 7.28. The van der Waals surface area contributed by atoms with E-state index < -0.39 is 0 Å². The van der Waals surface area contributed by atoms with Gasteiger partial charge in [0.05, 0.1) is 0 Å². The standard InChI is InChI=1S/C17H17ClN2O/c1-12-2-4-14(5-3-12)17(21)19-20-9-8-13-6-7-16(18)10-15(13)11-20/h2-7,10H,8-9,11H2,1H3,(H,19,21). The van der Waals surface area contributed by atoms with Crippen LogP contribution in [0, 0.1) is 6.92 Å². The van der Waals surface area contributed by atoms with Crippen LogP contribution in [0.2, 0.25) is 5.02 Å². The minimum absolute atomic E-state index is 0.0690. The van der Waals surface area contributed by atoms with Crippen molar-refractivity contribution in [1.29, 1.82) is 0 Å². The Labute approximate surface area is 129 Å². The molecule has 0 unspecified atom stereocenters. The molecule has 0 fully saturated rings. The molecule has 0 aliphatic carbocycles. The number of carbonyl (C=O) groups excluding carboxylic acids is 1. The first-order chi connectivity index (χ1) is 10.1. The fourth-order valence-electron chi connectivity index (χ4n) is 2.53. The van der Waals surface area contributed by atoms with Crippen LogP contribution in [-0.4, -0.2) is 17.5 Å². The summed E-state index contributed by atoms with van der Waals surface area (Å²) in [5, 5.41) is 2.68. The average Bonchev–Trinajstić information content (AvgIpc) is 2.47. The highest BCUT2D eigenvalue weighted by Crippen LogP contribution is 2.21. The number of nitrogens with one attached hydrogen (secondary N) is 1. The summed E-state index contributed by atoms with van der Waals surface area (Å²) < 4.78 is 0. The molecule has 0 radical (unpaired) electrons. The van der Waals surface area contributed by atoms with Crippen LogP contribution < -0.4 is 5.43 Å². The molecule has 0 bridgehead atoms. The van der Waals surface area contributed by atoms with Gasteiger partial charge in [-0.05, 0) is 48.7 Å². The summed E-state index contributed by atoms with van der Waals surface area (Å²) in [6.45, 7) is 3.51. The van der Waals surface area contributed by atoms with Gasteiger partial charge in [-0.3, -0.25) is 10.2 Å². The maximum atomic E-state index is 12.2. The van der Waals surface area contributed by atoms with Crippen molar-refractivity contribution >= 4 is 17.5 Å². The predicted molar refractivity (Wildman–Crippen MR) is 84.2 cm³/mol. The average molecular weight is 301 g/mol. The Morgan fingerprint density at radius 1 is 1.14 bits per heavy atom. The number of benzene rings is 2. The zero-order valence-electron chi connectivity index (χ0n) is 11.9. The minimum atomic E-state index is -0.0690. The van der Waals surface area contributed by atoms with Crippen LogP contribution in [0.15, 0.2) is 42.5 Å². The van der Waals surface area contributed by atoms with E-state index in [2.05, 4.69) is 11.5 Å².